The van der Waals surface area contributed by atoms with Crippen molar-refractivity contribution < 1.29 is 9.69 Å². The fourth-order valence-corrected chi connectivity index (χ4v) is 4.73. The lowest BCUT2D eigenvalue weighted by molar-refractivity contribution is -0.919. The summed E-state index contributed by atoms with van der Waals surface area (Å²) < 4.78 is 0. The lowest BCUT2D eigenvalue weighted by atomic mass is 10.0. The highest BCUT2D eigenvalue weighted by molar-refractivity contribution is 6.05. The average molecular weight is 408 g/mol. The Bertz CT molecular complexity index is 1150. The Morgan fingerprint density at radius 3 is 1.97 bits per heavy atom. The third-order valence-corrected chi connectivity index (χ3v) is 6.16. The Morgan fingerprint density at radius 1 is 0.710 bits per heavy atom. The van der Waals surface area contributed by atoms with Crippen molar-refractivity contribution in [2.75, 3.05) is 11.9 Å². The van der Waals surface area contributed by atoms with E-state index in [1.807, 2.05) is 12.1 Å². The number of benzene rings is 4. The predicted octanol–water partition coefficient (Wildman–Crippen LogP) is 4.16. The third-order valence-electron chi connectivity index (χ3n) is 6.16. The minimum atomic E-state index is 0.0561. The number of hydrogen-bond acceptors (Lipinski definition) is 1. The van der Waals surface area contributed by atoms with Crippen molar-refractivity contribution in [2.24, 2.45) is 0 Å². The van der Waals surface area contributed by atoms with Crippen LogP contribution in [-0.4, -0.2) is 12.5 Å². The van der Waals surface area contributed by atoms with Crippen LogP contribution in [0.5, 0.6) is 0 Å². The number of aryl methyl sites for hydroxylation is 2. The van der Waals surface area contributed by atoms with Crippen molar-refractivity contribution in [1.82, 2.24) is 0 Å². The van der Waals surface area contributed by atoms with Crippen molar-refractivity contribution in [3.63, 3.8) is 0 Å². The Morgan fingerprint density at radius 2 is 1.32 bits per heavy atom. The second kappa shape index (κ2) is 8.75. The molecule has 1 amide bonds. The maximum Gasteiger partial charge on any atom is 0.279 e. The van der Waals surface area contributed by atoms with Gasteiger partial charge in [-0.3, -0.25) is 4.79 Å². The molecule has 154 valence electrons. The standard InChI is InChI=1S/C28H26N2O/c31-27(29-26-17-16-24-15-14-23-12-7-13-25(26)28(23)24)20-30(18-21-8-3-1-4-9-21)19-22-10-5-2-6-11-22/h1-13,16-17H,14-15,18-20H2,(H,29,31)/p+1. The fraction of sp³-hybridized carbons (Fsp3) is 0.179. The molecule has 1 aliphatic carbocycles. The van der Waals surface area contributed by atoms with Crippen LogP contribution in [0.15, 0.2) is 91.0 Å². The van der Waals surface area contributed by atoms with Crippen LogP contribution < -0.4 is 10.2 Å². The summed E-state index contributed by atoms with van der Waals surface area (Å²) in [5.41, 5.74) is 6.19. The van der Waals surface area contributed by atoms with Crippen LogP contribution in [-0.2, 0) is 30.7 Å². The van der Waals surface area contributed by atoms with Gasteiger partial charge in [-0.25, -0.2) is 0 Å². The van der Waals surface area contributed by atoms with E-state index in [-0.39, 0.29) is 5.91 Å². The monoisotopic (exact) mass is 407 g/mol. The van der Waals surface area contributed by atoms with Gasteiger partial charge < -0.3 is 10.2 Å². The zero-order valence-corrected chi connectivity index (χ0v) is 17.6. The van der Waals surface area contributed by atoms with Crippen LogP contribution >= 0.6 is 0 Å². The largest absolute Gasteiger partial charge is 0.321 e. The molecule has 3 heteroatoms. The first-order chi connectivity index (χ1) is 15.3. The minimum absolute atomic E-state index is 0.0561. The summed E-state index contributed by atoms with van der Waals surface area (Å²) in [6.45, 7) is 2.05. The van der Waals surface area contributed by atoms with Crippen LogP contribution in [0.25, 0.3) is 10.8 Å². The van der Waals surface area contributed by atoms with Gasteiger partial charge >= 0.3 is 0 Å². The highest BCUT2D eigenvalue weighted by atomic mass is 16.2. The molecule has 0 atom stereocenters. The molecule has 0 aliphatic heterocycles. The summed E-state index contributed by atoms with van der Waals surface area (Å²) in [5.74, 6) is 0.0561. The Kier molecular flexibility index (Phi) is 5.51. The van der Waals surface area contributed by atoms with Gasteiger partial charge in [-0.05, 0) is 35.4 Å². The van der Waals surface area contributed by atoms with E-state index in [2.05, 4.69) is 84.2 Å². The minimum Gasteiger partial charge on any atom is -0.321 e. The second-order valence-corrected chi connectivity index (χ2v) is 8.41. The lowest BCUT2D eigenvalue weighted by Crippen LogP contribution is -3.10. The number of rotatable bonds is 7. The molecule has 0 fully saturated rings. The van der Waals surface area contributed by atoms with Gasteiger partial charge in [0.05, 0.1) is 0 Å². The van der Waals surface area contributed by atoms with Crippen molar-refractivity contribution >= 4 is 22.4 Å². The molecular weight excluding hydrogens is 380 g/mol. The number of nitrogens with one attached hydrogen (secondary N) is 2. The number of carbonyl (C=O) groups is 1. The van der Waals surface area contributed by atoms with Gasteiger partial charge in [0.1, 0.15) is 13.1 Å². The normalized spacial score (nSPS) is 12.4. The van der Waals surface area contributed by atoms with E-state index >= 15 is 0 Å². The SMILES string of the molecule is O=C(C[NH+](Cc1ccccc1)Cc1ccccc1)Nc1ccc2c3c(cccc13)CC2. The Labute approximate surface area is 183 Å². The Hall–Kier alpha value is -3.43. The average Bonchev–Trinajstić information content (AvgIpc) is 3.22. The van der Waals surface area contributed by atoms with E-state index in [1.54, 1.807) is 0 Å². The molecular formula is C28H27N2O+. The van der Waals surface area contributed by atoms with Crippen molar-refractivity contribution in [2.45, 2.75) is 25.9 Å². The summed E-state index contributed by atoms with van der Waals surface area (Å²) in [4.78, 5) is 14.3. The van der Waals surface area contributed by atoms with Gasteiger partial charge in [0.25, 0.3) is 5.91 Å². The van der Waals surface area contributed by atoms with Crippen LogP contribution in [0.1, 0.15) is 22.3 Å². The second-order valence-electron chi connectivity index (χ2n) is 8.41. The number of hydrogen-bond donors (Lipinski definition) is 2. The van der Waals surface area contributed by atoms with Gasteiger partial charge in [0, 0.05) is 22.2 Å². The highest BCUT2D eigenvalue weighted by Crippen LogP contribution is 2.34. The van der Waals surface area contributed by atoms with E-state index in [0.29, 0.717) is 6.54 Å². The molecule has 0 saturated heterocycles. The molecule has 2 N–H and O–H groups in total. The summed E-state index contributed by atoms with van der Waals surface area (Å²) in [6, 6.07) is 31.5. The number of anilines is 1. The Balaban J connectivity index is 1.35. The van der Waals surface area contributed by atoms with E-state index in [0.717, 1.165) is 37.0 Å². The van der Waals surface area contributed by atoms with E-state index < -0.39 is 0 Å². The van der Waals surface area contributed by atoms with Crippen LogP contribution in [0, 0.1) is 0 Å². The maximum atomic E-state index is 13.1. The summed E-state index contributed by atoms with van der Waals surface area (Å²) >= 11 is 0. The molecule has 31 heavy (non-hydrogen) atoms. The smallest absolute Gasteiger partial charge is 0.279 e. The summed E-state index contributed by atoms with van der Waals surface area (Å²) in [5, 5.41) is 5.70. The molecule has 0 bridgehead atoms. The lowest BCUT2D eigenvalue weighted by Gasteiger charge is -2.20. The zero-order valence-electron chi connectivity index (χ0n) is 17.6. The number of quaternary nitrogens is 1. The van der Waals surface area contributed by atoms with Gasteiger partial charge in [0.2, 0.25) is 0 Å². The molecule has 0 spiro atoms. The van der Waals surface area contributed by atoms with Crippen molar-refractivity contribution in [3.05, 3.63) is 113 Å². The van der Waals surface area contributed by atoms with E-state index in [1.165, 1.54) is 32.5 Å². The molecule has 0 aromatic heterocycles. The van der Waals surface area contributed by atoms with E-state index in [9.17, 15) is 4.79 Å². The quantitative estimate of drug-likeness (QED) is 0.474. The van der Waals surface area contributed by atoms with Gasteiger partial charge in [-0.1, -0.05) is 84.9 Å². The molecule has 5 rings (SSSR count). The topological polar surface area (TPSA) is 33.5 Å². The van der Waals surface area contributed by atoms with Crippen molar-refractivity contribution in [3.8, 4) is 0 Å². The van der Waals surface area contributed by atoms with Gasteiger partial charge in [0.15, 0.2) is 6.54 Å². The third kappa shape index (κ3) is 4.37. The predicted molar refractivity (Wildman–Crippen MR) is 126 cm³/mol. The van der Waals surface area contributed by atoms with Crippen LogP contribution in [0.4, 0.5) is 5.69 Å². The fourth-order valence-electron chi connectivity index (χ4n) is 4.73. The molecule has 0 heterocycles. The van der Waals surface area contributed by atoms with Gasteiger partial charge in [-0.15, -0.1) is 0 Å². The number of carbonyl (C=O) groups excluding carboxylic acids is 1. The summed E-state index contributed by atoms with van der Waals surface area (Å²) in [7, 11) is 0. The molecule has 4 aromatic carbocycles. The van der Waals surface area contributed by atoms with Crippen LogP contribution in [0.3, 0.4) is 0 Å². The zero-order chi connectivity index (χ0) is 21.0. The molecule has 4 aromatic rings. The first kappa shape index (κ1) is 19.5. The molecule has 1 aliphatic rings. The van der Waals surface area contributed by atoms with Crippen molar-refractivity contribution in [1.29, 1.82) is 0 Å². The maximum absolute atomic E-state index is 13.1. The van der Waals surface area contributed by atoms with Crippen LogP contribution in [0.2, 0.25) is 0 Å². The first-order valence-corrected chi connectivity index (χ1v) is 11.0. The molecule has 0 radical (unpaired) electrons. The number of amides is 1. The van der Waals surface area contributed by atoms with Gasteiger partial charge in [-0.2, -0.15) is 0 Å². The molecule has 0 saturated carbocycles. The molecule has 3 nitrogen and oxygen atoms in total. The van der Waals surface area contributed by atoms with E-state index in [4.69, 9.17) is 0 Å². The first-order valence-electron chi connectivity index (χ1n) is 11.0. The highest BCUT2D eigenvalue weighted by Gasteiger charge is 2.19. The molecule has 0 unspecified atom stereocenters. The summed E-state index contributed by atoms with van der Waals surface area (Å²) in [6.07, 6.45) is 2.19.